The highest BCUT2D eigenvalue weighted by Gasteiger charge is 2.24. The summed E-state index contributed by atoms with van der Waals surface area (Å²) in [6, 6.07) is 7.58. The first-order valence-electron chi connectivity index (χ1n) is 7.62. The minimum Gasteiger partial charge on any atom is -0.370 e. The summed E-state index contributed by atoms with van der Waals surface area (Å²) in [6.45, 7) is 3.48. The Bertz CT molecular complexity index is 897. The van der Waals surface area contributed by atoms with Gasteiger partial charge in [0, 0.05) is 13.1 Å². The largest absolute Gasteiger partial charge is 0.370 e. The van der Waals surface area contributed by atoms with Crippen LogP contribution in [0.25, 0.3) is 5.65 Å². The lowest BCUT2D eigenvalue weighted by molar-refractivity contribution is 0.0392. The Hall–Kier alpha value is -2.61. The predicted molar refractivity (Wildman–Crippen MR) is 82.8 cm³/mol. The van der Waals surface area contributed by atoms with E-state index in [2.05, 4.69) is 15.3 Å². The number of nitrogens with zero attached hydrogens (tertiary/aromatic N) is 5. The number of fused-ring (bicyclic) bond motifs is 1. The van der Waals surface area contributed by atoms with Gasteiger partial charge in [-0.15, -0.1) is 15.3 Å². The van der Waals surface area contributed by atoms with Crippen molar-refractivity contribution < 1.29 is 13.5 Å². The highest BCUT2D eigenvalue weighted by atomic mass is 19.2. The maximum atomic E-state index is 13.5. The van der Waals surface area contributed by atoms with Crippen molar-refractivity contribution in [2.75, 3.05) is 24.6 Å². The Kier molecular flexibility index (Phi) is 3.61. The van der Waals surface area contributed by atoms with E-state index in [1.54, 1.807) is 10.6 Å². The quantitative estimate of drug-likeness (QED) is 0.721. The van der Waals surface area contributed by atoms with E-state index in [0.717, 1.165) is 11.9 Å². The van der Waals surface area contributed by atoms with Gasteiger partial charge in [-0.1, -0.05) is 6.07 Å². The average molecular weight is 331 g/mol. The van der Waals surface area contributed by atoms with E-state index >= 15 is 0 Å². The molecular weight excluding hydrogens is 316 g/mol. The number of halogens is 2. The van der Waals surface area contributed by atoms with E-state index in [9.17, 15) is 8.78 Å². The van der Waals surface area contributed by atoms with E-state index in [1.807, 2.05) is 24.0 Å². The number of hydrogen-bond donors (Lipinski definition) is 0. The third kappa shape index (κ3) is 2.58. The summed E-state index contributed by atoms with van der Waals surface area (Å²) >= 11 is 0. The number of hydrogen-bond acceptors (Lipinski definition) is 5. The minimum atomic E-state index is -0.868. The van der Waals surface area contributed by atoms with Crippen LogP contribution in [0.4, 0.5) is 14.6 Å². The molecule has 0 N–H and O–H groups in total. The van der Waals surface area contributed by atoms with E-state index in [1.165, 1.54) is 6.07 Å². The van der Waals surface area contributed by atoms with Crippen molar-refractivity contribution in [3.8, 4) is 0 Å². The maximum absolute atomic E-state index is 13.5. The third-order valence-electron chi connectivity index (χ3n) is 4.11. The van der Waals surface area contributed by atoms with Crippen LogP contribution in [0.1, 0.15) is 17.5 Å². The number of anilines is 1. The molecule has 1 saturated heterocycles. The van der Waals surface area contributed by atoms with Gasteiger partial charge in [-0.25, -0.2) is 8.78 Å². The molecule has 3 aromatic rings. The first-order chi connectivity index (χ1) is 11.6. The maximum Gasteiger partial charge on any atom is 0.178 e. The Morgan fingerprint density at radius 1 is 1.12 bits per heavy atom. The summed E-state index contributed by atoms with van der Waals surface area (Å²) in [5.41, 5.74) is 1.29. The van der Waals surface area contributed by atoms with Gasteiger partial charge in [0.05, 0.1) is 6.61 Å². The van der Waals surface area contributed by atoms with Crippen LogP contribution in [0.5, 0.6) is 0 Å². The van der Waals surface area contributed by atoms with Crippen molar-refractivity contribution in [2.45, 2.75) is 13.0 Å². The van der Waals surface area contributed by atoms with Crippen LogP contribution < -0.4 is 4.90 Å². The van der Waals surface area contributed by atoms with Gasteiger partial charge >= 0.3 is 0 Å². The molecule has 1 fully saturated rings. The lowest BCUT2D eigenvalue weighted by atomic mass is 10.1. The fraction of sp³-hybridized carbons (Fsp3) is 0.312. The van der Waals surface area contributed by atoms with Crippen molar-refractivity contribution in [2.24, 2.45) is 0 Å². The first kappa shape index (κ1) is 14.9. The van der Waals surface area contributed by atoms with Crippen LogP contribution in [0.15, 0.2) is 30.3 Å². The molecule has 3 heterocycles. The number of benzene rings is 1. The van der Waals surface area contributed by atoms with Gasteiger partial charge < -0.3 is 9.64 Å². The molecule has 1 aromatic carbocycles. The summed E-state index contributed by atoms with van der Waals surface area (Å²) < 4.78 is 34.0. The molecule has 4 rings (SSSR count). The topological polar surface area (TPSA) is 55.5 Å². The van der Waals surface area contributed by atoms with Crippen molar-refractivity contribution in [3.05, 3.63) is 53.4 Å². The molecule has 0 spiro atoms. The normalized spacial score (nSPS) is 18.3. The standard InChI is InChI=1S/C16H15F2N5O/c1-10-19-20-15-4-5-16(21-23(10)15)22-6-7-24-14(9-22)11-2-3-12(17)13(18)8-11/h2-5,8,14H,6-7,9H2,1H3. The highest BCUT2D eigenvalue weighted by Crippen LogP contribution is 2.26. The number of morpholine rings is 1. The van der Waals surface area contributed by atoms with Gasteiger partial charge in [0.1, 0.15) is 11.9 Å². The second-order valence-corrected chi connectivity index (χ2v) is 5.69. The highest BCUT2D eigenvalue weighted by molar-refractivity contribution is 5.46. The molecule has 0 saturated carbocycles. The van der Waals surface area contributed by atoms with Crippen LogP contribution in [-0.2, 0) is 4.74 Å². The van der Waals surface area contributed by atoms with Crippen molar-refractivity contribution >= 4 is 11.5 Å². The fourth-order valence-electron chi connectivity index (χ4n) is 2.83. The molecule has 1 aliphatic rings. The Morgan fingerprint density at radius 3 is 2.83 bits per heavy atom. The zero-order valence-corrected chi connectivity index (χ0v) is 13.0. The molecule has 0 aliphatic carbocycles. The molecule has 1 unspecified atom stereocenters. The van der Waals surface area contributed by atoms with Gasteiger partial charge in [0.2, 0.25) is 0 Å². The van der Waals surface area contributed by atoms with Gasteiger partial charge in [0.15, 0.2) is 23.1 Å². The third-order valence-corrected chi connectivity index (χ3v) is 4.11. The Labute approximate surface area is 136 Å². The Balaban J connectivity index is 1.61. The smallest absolute Gasteiger partial charge is 0.178 e. The molecule has 6 nitrogen and oxygen atoms in total. The molecule has 1 atom stereocenters. The SMILES string of the molecule is Cc1nnc2ccc(N3CCOC(c4ccc(F)c(F)c4)C3)nn12. The molecule has 8 heteroatoms. The summed E-state index contributed by atoms with van der Waals surface area (Å²) in [4.78, 5) is 2.05. The van der Waals surface area contributed by atoms with Crippen LogP contribution >= 0.6 is 0 Å². The second kappa shape index (κ2) is 5.79. The van der Waals surface area contributed by atoms with Gasteiger partial charge in [-0.05, 0) is 36.8 Å². The molecule has 1 aliphatic heterocycles. The van der Waals surface area contributed by atoms with Crippen molar-refractivity contribution in [3.63, 3.8) is 0 Å². The van der Waals surface area contributed by atoms with E-state index in [4.69, 9.17) is 4.74 Å². The van der Waals surface area contributed by atoms with Gasteiger partial charge in [0.25, 0.3) is 0 Å². The molecule has 0 bridgehead atoms. The number of ether oxygens (including phenoxy) is 1. The lowest BCUT2D eigenvalue weighted by Gasteiger charge is -2.33. The molecule has 0 radical (unpaired) electrons. The molecule has 2 aromatic heterocycles. The van der Waals surface area contributed by atoms with Crippen LogP contribution in [0.2, 0.25) is 0 Å². The number of aromatic nitrogens is 4. The van der Waals surface area contributed by atoms with Crippen molar-refractivity contribution in [1.29, 1.82) is 0 Å². The second-order valence-electron chi connectivity index (χ2n) is 5.69. The number of aryl methyl sites for hydroxylation is 1. The minimum absolute atomic E-state index is 0.339. The zero-order chi connectivity index (χ0) is 16.7. The predicted octanol–water partition coefficient (Wildman–Crippen LogP) is 2.29. The molecule has 124 valence electrons. The average Bonchev–Trinajstić information content (AvgIpc) is 2.98. The number of rotatable bonds is 2. The summed E-state index contributed by atoms with van der Waals surface area (Å²) in [6.07, 6.45) is -0.339. The summed E-state index contributed by atoms with van der Waals surface area (Å²) in [7, 11) is 0. The monoisotopic (exact) mass is 331 g/mol. The lowest BCUT2D eigenvalue weighted by Crippen LogP contribution is -2.39. The van der Waals surface area contributed by atoms with Gasteiger partial charge in [-0.3, -0.25) is 0 Å². The summed E-state index contributed by atoms with van der Waals surface area (Å²) in [5.74, 6) is -0.256. The molecule has 0 amide bonds. The summed E-state index contributed by atoms with van der Waals surface area (Å²) in [5, 5.41) is 12.6. The fourth-order valence-corrected chi connectivity index (χ4v) is 2.83. The van der Waals surface area contributed by atoms with E-state index < -0.39 is 11.6 Å². The van der Waals surface area contributed by atoms with Crippen LogP contribution in [-0.4, -0.2) is 39.5 Å². The molecular formula is C16H15F2N5O. The van der Waals surface area contributed by atoms with E-state index in [-0.39, 0.29) is 6.10 Å². The first-order valence-corrected chi connectivity index (χ1v) is 7.62. The van der Waals surface area contributed by atoms with Crippen molar-refractivity contribution in [1.82, 2.24) is 19.8 Å². The van der Waals surface area contributed by atoms with Gasteiger partial charge in [-0.2, -0.15) is 4.52 Å². The zero-order valence-electron chi connectivity index (χ0n) is 13.0. The van der Waals surface area contributed by atoms with Crippen LogP contribution in [0.3, 0.4) is 0 Å². The Morgan fingerprint density at radius 2 is 2.00 bits per heavy atom. The molecule has 24 heavy (non-hydrogen) atoms. The van der Waals surface area contributed by atoms with E-state index in [0.29, 0.717) is 36.7 Å². The van der Waals surface area contributed by atoms with Crippen LogP contribution in [0, 0.1) is 18.6 Å².